The number of fused-ring (bicyclic) bond motifs is 1. The molecule has 2 aromatic rings. The molecular formula is C12H12FN5O2. The van der Waals surface area contributed by atoms with Gasteiger partial charge in [-0.3, -0.25) is 0 Å². The molecule has 2 atom stereocenters. The van der Waals surface area contributed by atoms with Crippen molar-refractivity contribution in [3.05, 3.63) is 41.1 Å². The number of nitrogens with zero attached hydrogens (tertiary/aromatic N) is 3. The van der Waals surface area contributed by atoms with Crippen molar-refractivity contribution in [2.45, 2.75) is 18.6 Å². The number of nitrogens with one attached hydrogen (secondary N) is 1. The zero-order chi connectivity index (χ0) is 14.1. The van der Waals surface area contributed by atoms with Gasteiger partial charge >= 0.3 is 0 Å². The summed E-state index contributed by atoms with van der Waals surface area (Å²) >= 11 is 0. The highest BCUT2D eigenvalue weighted by Gasteiger charge is 2.34. The van der Waals surface area contributed by atoms with E-state index in [0.717, 1.165) is 11.1 Å². The summed E-state index contributed by atoms with van der Waals surface area (Å²) in [6.07, 6.45) is -0.829. The number of alkyl halides is 1. The molecule has 1 aromatic heterocycles. The van der Waals surface area contributed by atoms with E-state index in [0.29, 0.717) is 6.42 Å². The lowest BCUT2D eigenvalue weighted by atomic mass is 10.1. The van der Waals surface area contributed by atoms with Gasteiger partial charge in [0.05, 0.1) is 6.04 Å². The Morgan fingerprint density at radius 2 is 2.25 bits per heavy atom. The Hall–Kier alpha value is -2.64. The number of rotatable bonds is 2. The lowest BCUT2D eigenvalue weighted by molar-refractivity contribution is 0.280. The average Bonchev–Trinajstić information content (AvgIpc) is 3.00. The number of oxime groups is 1. The van der Waals surface area contributed by atoms with Crippen molar-refractivity contribution >= 4 is 11.7 Å². The zero-order valence-corrected chi connectivity index (χ0v) is 10.3. The van der Waals surface area contributed by atoms with Gasteiger partial charge in [0, 0.05) is 6.42 Å². The van der Waals surface area contributed by atoms with E-state index in [4.69, 9.17) is 10.9 Å². The van der Waals surface area contributed by atoms with E-state index in [1.165, 1.54) is 0 Å². The van der Waals surface area contributed by atoms with Crippen molar-refractivity contribution in [2.24, 2.45) is 5.16 Å². The molecule has 3 rings (SSSR count). The Kier molecular flexibility index (Phi) is 2.97. The molecule has 4 N–H and O–H groups in total. The number of hydrogen-bond donors (Lipinski definition) is 3. The van der Waals surface area contributed by atoms with Crippen LogP contribution >= 0.6 is 0 Å². The van der Waals surface area contributed by atoms with Gasteiger partial charge in [0.15, 0.2) is 17.3 Å². The smallest absolute Gasteiger partial charge is 0.199 e. The predicted octanol–water partition coefficient (Wildman–Crippen LogP) is 1.01. The maximum Gasteiger partial charge on any atom is 0.199 e. The molecule has 1 aliphatic rings. The Morgan fingerprint density at radius 1 is 1.45 bits per heavy atom. The van der Waals surface area contributed by atoms with Crippen molar-refractivity contribution in [3.63, 3.8) is 0 Å². The van der Waals surface area contributed by atoms with Crippen LogP contribution in [0.2, 0.25) is 0 Å². The quantitative estimate of drug-likeness (QED) is 0.327. The second-order valence-corrected chi connectivity index (χ2v) is 4.49. The second kappa shape index (κ2) is 4.80. The lowest BCUT2D eigenvalue weighted by Crippen LogP contribution is -2.33. The molecule has 104 valence electrons. The third-order valence-electron chi connectivity index (χ3n) is 3.30. The first-order valence-corrected chi connectivity index (χ1v) is 5.99. The van der Waals surface area contributed by atoms with Crippen LogP contribution in [0.3, 0.4) is 0 Å². The SMILES string of the molecule is Nc1nonc1/C(=N/O)NC1c2ccccc2C[C@H]1F. The largest absolute Gasteiger partial charge is 0.409 e. The summed E-state index contributed by atoms with van der Waals surface area (Å²) in [4.78, 5) is 0. The first-order valence-electron chi connectivity index (χ1n) is 5.99. The molecule has 0 fully saturated rings. The monoisotopic (exact) mass is 277 g/mol. The molecular weight excluding hydrogens is 265 g/mol. The number of halogens is 1. The van der Waals surface area contributed by atoms with Crippen molar-refractivity contribution < 1.29 is 14.2 Å². The van der Waals surface area contributed by atoms with Gasteiger partial charge in [0.2, 0.25) is 0 Å². The van der Waals surface area contributed by atoms with Crippen LogP contribution in [0.25, 0.3) is 0 Å². The van der Waals surface area contributed by atoms with Gasteiger partial charge in [-0.05, 0) is 21.4 Å². The molecule has 1 aromatic carbocycles. The number of hydrogen-bond acceptors (Lipinski definition) is 6. The van der Waals surface area contributed by atoms with Crippen molar-refractivity contribution in [3.8, 4) is 0 Å². The maximum atomic E-state index is 14.1. The van der Waals surface area contributed by atoms with Crippen LogP contribution in [0.4, 0.5) is 10.2 Å². The minimum atomic E-state index is -1.13. The Labute approximate surface area is 113 Å². The van der Waals surface area contributed by atoms with Crippen LogP contribution in [0.15, 0.2) is 34.1 Å². The standard InChI is InChI=1S/C12H12FN5O2/c13-8-5-6-3-1-2-4-7(6)9(8)15-12(16-19)10-11(14)18-20-17-10/h1-4,8-9,19H,5H2,(H2,14,18)(H,15,16)/t8-,9?/m1/s1. The third kappa shape index (κ3) is 1.94. The van der Waals surface area contributed by atoms with Crippen molar-refractivity contribution in [1.82, 2.24) is 15.6 Å². The van der Waals surface area contributed by atoms with E-state index in [1.807, 2.05) is 24.3 Å². The van der Waals surface area contributed by atoms with Gasteiger partial charge in [0.25, 0.3) is 0 Å². The molecule has 1 heterocycles. The van der Waals surface area contributed by atoms with Gasteiger partial charge in [-0.15, -0.1) is 0 Å². The molecule has 0 aliphatic heterocycles. The van der Waals surface area contributed by atoms with E-state index in [-0.39, 0.29) is 17.3 Å². The normalized spacial score (nSPS) is 21.8. The van der Waals surface area contributed by atoms with Crippen molar-refractivity contribution in [1.29, 1.82) is 0 Å². The summed E-state index contributed by atoms with van der Waals surface area (Å²) in [7, 11) is 0. The van der Waals surface area contributed by atoms with Crippen LogP contribution in [0.1, 0.15) is 22.9 Å². The number of nitrogens with two attached hydrogens (primary N) is 1. The fourth-order valence-electron chi connectivity index (χ4n) is 2.37. The van der Waals surface area contributed by atoms with Crippen molar-refractivity contribution in [2.75, 3.05) is 5.73 Å². The molecule has 1 aliphatic carbocycles. The number of amidine groups is 1. The molecule has 0 spiro atoms. The highest BCUT2D eigenvalue weighted by atomic mass is 19.1. The maximum absolute atomic E-state index is 14.1. The summed E-state index contributed by atoms with van der Waals surface area (Å²) in [5.41, 5.74) is 7.31. The molecule has 0 bridgehead atoms. The molecule has 0 amide bonds. The topological polar surface area (TPSA) is 110 Å². The number of benzene rings is 1. The minimum Gasteiger partial charge on any atom is -0.409 e. The van der Waals surface area contributed by atoms with E-state index in [2.05, 4.69) is 25.4 Å². The van der Waals surface area contributed by atoms with Crippen LogP contribution in [0, 0.1) is 0 Å². The second-order valence-electron chi connectivity index (χ2n) is 4.49. The van der Waals surface area contributed by atoms with E-state index < -0.39 is 12.2 Å². The summed E-state index contributed by atoms with van der Waals surface area (Å²) < 4.78 is 18.6. The molecule has 0 saturated carbocycles. The highest BCUT2D eigenvalue weighted by Crippen LogP contribution is 2.33. The van der Waals surface area contributed by atoms with Crippen LogP contribution in [-0.2, 0) is 6.42 Å². The molecule has 8 heteroatoms. The summed E-state index contributed by atoms with van der Waals surface area (Å²) in [5.74, 6) is -0.111. The van der Waals surface area contributed by atoms with E-state index >= 15 is 0 Å². The number of anilines is 1. The predicted molar refractivity (Wildman–Crippen MR) is 68.0 cm³/mol. The Balaban J connectivity index is 1.89. The fraction of sp³-hybridized carbons (Fsp3) is 0.250. The van der Waals surface area contributed by atoms with Gasteiger partial charge in [-0.25, -0.2) is 9.02 Å². The van der Waals surface area contributed by atoms with E-state index in [9.17, 15) is 4.39 Å². The first-order chi connectivity index (χ1) is 9.70. The Bertz CT molecular complexity index is 657. The van der Waals surface area contributed by atoms with E-state index in [1.54, 1.807) is 0 Å². The summed E-state index contributed by atoms with van der Waals surface area (Å²) in [6, 6.07) is 6.74. The highest BCUT2D eigenvalue weighted by molar-refractivity contribution is 6.00. The molecule has 0 saturated heterocycles. The molecule has 20 heavy (non-hydrogen) atoms. The molecule has 1 unspecified atom stereocenters. The molecule has 0 radical (unpaired) electrons. The summed E-state index contributed by atoms with van der Waals surface area (Å²) in [6.45, 7) is 0. The first kappa shape index (κ1) is 12.4. The lowest BCUT2D eigenvalue weighted by Gasteiger charge is -2.17. The van der Waals surface area contributed by atoms with Gasteiger partial charge in [0.1, 0.15) is 6.17 Å². The minimum absolute atomic E-state index is 0.0352. The Morgan fingerprint density at radius 3 is 2.95 bits per heavy atom. The van der Waals surface area contributed by atoms with Gasteiger partial charge < -0.3 is 16.3 Å². The number of aromatic nitrogens is 2. The van der Waals surface area contributed by atoms with Gasteiger partial charge in [-0.1, -0.05) is 29.4 Å². The summed E-state index contributed by atoms with van der Waals surface area (Å²) in [5, 5.41) is 21.8. The third-order valence-corrected chi connectivity index (χ3v) is 3.30. The molecule has 7 nitrogen and oxygen atoms in total. The average molecular weight is 277 g/mol. The van der Waals surface area contributed by atoms with Gasteiger partial charge in [-0.2, -0.15) is 0 Å². The van der Waals surface area contributed by atoms with Crippen LogP contribution in [0.5, 0.6) is 0 Å². The van der Waals surface area contributed by atoms with Crippen LogP contribution < -0.4 is 11.1 Å². The fourth-order valence-corrected chi connectivity index (χ4v) is 2.37. The zero-order valence-electron chi connectivity index (χ0n) is 10.3. The number of nitrogen functional groups attached to an aromatic ring is 1. The van der Waals surface area contributed by atoms with Crippen LogP contribution in [-0.4, -0.2) is 27.5 Å².